The van der Waals surface area contributed by atoms with Gasteiger partial charge in [0.1, 0.15) is 18.4 Å². The van der Waals surface area contributed by atoms with E-state index in [0.29, 0.717) is 30.9 Å². The van der Waals surface area contributed by atoms with Gasteiger partial charge in [0, 0.05) is 5.69 Å². The highest BCUT2D eigenvalue weighted by molar-refractivity contribution is 7.89. The van der Waals surface area contributed by atoms with Gasteiger partial charge in [-0.2, -0.15) is 0 Å². The molecule has 5 N–H and O–H groups in total. The lowest BCUT2D eigenvalue weighted by atomic mass is 10.1. The highest BCUT2D eigenvalue weighted by atomic mass is 32.2. The van der Waals surface area contributed by atoms with E-state index in [4.69, 9.17) is 25.7 Å². The number of cyclic esters (lactones) is 1. The van der Waals surface area contributed by atoms with Gasteiger partial charge in [0.25, 0.3) is 0 Å². The maximum absolute atomic E-state index is 12.4. The molecule has 0 aromatic heterocycles. The summed E-state index contributed by atoms with van der Waals surface area (Å²) < 4.78 is 43.0. The summed E-state index contributed by atoms with van der Waals surface area (Å²) >= 11 is 0. The maximum atomic E-state index is 12.4. The number of sulfonamides is 1. The van der Waals surface area contributed by atoms with Gasteiger partial charge in [-0.05, 0) is 48.2 Å². The lowest BCUT2D eigenvalue weighted by Gasteiger charge is -2.17. The Morgan fingerprint density at radius 3 is 2.44 bits per heavy atom. The van der Waals surface area contributed by atoms with E-state index in [1.54, 1.807) is 36.4 Å². The van der Waals surface area contributed by atoms with Crippen molar-refractivity contribution in [2.24, 2.45) is 16.5 Å². The van der Waals surface area contributed by atoms with Crippen molar-refractivity contribution in [3.8, 4) is 5.75 Å². The number of carbonyl (C=O) groups is 2. The molecule has 0 saturated carbocycles. The van der Waals surface area contributed by atoms with Gasteiger partial charge >= 0.3 is 12.1 Å². The lowest BCUT2D eigenvalue weighted by Crippen LogP contribution is -2.43. The first kappa shape index (κ1) is 29.7. The number of unbranched alkanes of at least 4 members (excludes halogenated alkanes) is 1. The molecule has 1 heterocycles. The first-order valence-corrected chi connectivity index (χ1v) is 14.2. The Bertz CT molecular complexity index is 1250. The summed E-state index contributed by atoms with van der Waals surface area (Å²) in [5.41, 5.74) is 13.0. The van der Waals surface area contributed by atoms with Crippen LogP contribution in [0.5, 0.6) is 5.75 Å². The first-order chi connectivity index (χ1) is 18.6. The van der Waals surface area contributed by atoms with Gasteiger partial charge in [-0.25, -0.2) is 22.9 Å². The van der Waals surface area contributed by atoms with Gasteiger partial charge in [0.15, 0.2) is 12.1 Å². The summed E-state index contributed by atoms with van der Waals surface area (Å²) in [5, 5.41) is 0. The van der Waals surface area contributed by atoms with Crippen molar-refractivity contribution < 1.29 is 32.2 Å². The number of nitrogens with zero attached hydrogens (tertiary/aromatic N) is 2. The highest BCUT2D eigenvalue weighted by Crippen LogP contribution is 2.23. The Morgan fingerprint density at radius 1 is 1.15 bits per heavy atom. The predicted molar refractivity (Wildman–Crippen MR) is 147 cm³/mol. The first-order valence-electron chi connectivity index (χ1n) is 12.5. The van der Waals surface area contributed by atoms with Crippen molar-refractivity contribution in [2.45, 2.75) is 44.9 Å². The molecule has 2 atom stereocenters. The van der Waals surface area contributed by atoms with E-state index in [-0.39, 0.29) is 24.7 Å². The summed E-state index contributed by atoms with van der Waals surface area (Å²) in [6.45, 7) is 2.70. The van der Waals surface area contributed by atoms with Crippen LogP contribution in [0.4, 0.5) is 10.5 Å². The van der Waals surface area contributed by atoms with Gasteiger partial charge in [-0.3, -0.25) is 9.69 Å². The average Bonchev–Trinajstić information content (AvgIpc) is 3.30. The van der Waals surface area contributed by atoms with Gasteiger partial charge in [-0.15, -0.1) is 0 Å². The number of hydrogen-bond donors (Lipinski definition) is 3. The van der Waals surface area contributed by atoms with Crippen LogP contribution in [-0.2, 0) is 37.3 Å². The van der Waals surface area contributed by atoms with Crippen molar-refractivity contribution in [3.05, 3.63) is 59.7 Å². The second-order valence-electron chi connectivity index (χ2n) is 9.05. The third-order valence-electron chi connectivity index (χ3n) is 5.94. The van der Waals surface area contributed by atoms with Crippen molar-refractivity contribution in [1.29, 1.82) is 0 Å². The lowest BCUT2D eigenvalue weighted by molar-refractivity contribution is -0.142. The van der Waals surface area contributed by atoms with Crippen LogP contribution in [0.3, 0.4) is 0 Å². The summed E-state index contributed by atoms with van der Waals surface area (Å²) in [7, 11) is -2.40. The average molecular weight is 562 g/mol. The molecule has 0 radical (unpaired) electrons. The van der Waals surface area contributed by atoms with E-state index in [1.807, 2.05) is 19.1 Å². The normalized spacial score (nSPS) is 15.9. The number of nitrogens with two attached hydrogens (primary N) is 2. The van der Waals surface area contributed by atoms with Crippen LogP contribution < -0.4 is 25.8 Å². The summed E-state index contributed by atoms with van der Waals surface area (Å²) in [6, 6.07) is 13.1. The molecular weight excluding hydrogens is 526 g/mol. The van der Waals surface area contributed by atoms with E-state index in [0.717, 1.165) is 17.5 Å². The van der Waals surface area contributed by atoms with Crippen molar-refractivity contribution in [1.82, 2.24) is 4.72 Å². The molecule has 2 unspecified atom stereocenters. The van der Waals surface area contributed by atoms with Gasteiger partial charge in [-0.1, -0.05) is 37.6 Å². The van der Waals surface area contributed by atoms with Crippen LogP contribution in [0.25, 0.3) is 0 Å². The molecule has 2 aromatic carbocycles. The Hall–Kier alpha value is -3.84. The fourth-order valence-corrected chi connectivity index (χ4v) is 5.25. The van der Waals surface area contributed by atoms with Gasteiger partial charge in [0.05, 0.1) is 26.0 Å². The third kappa shape index (κ3) is 9.14. The SMILES string of the molecule is CCCCS(=O)(=O)NC(Cc1ccc(OCC2CN(c3ccc(CN=C(N)N)cc3)C(=O)O2)cc1)C(=O)OC. The number of anilines is 1. The molecule has 39 heavy (non-hydrogen) atoms. The molecule has 1 aliphatic rings. The zero-order chi connectivity index (χ0) is 28.4. The number of benzene rings is 2. The van der Waals surface area contributed by atoms with Crippen LogP contribution in [-0.4, -0.2) is 64.6 Å². The van der Waals surface area contributed by atoms with Crippen LogP contribution in [0.15, 0.2) is 53.5 Å². The largest absolute Gasteiger partial charge is 0.490 e. The minimum Gasteiger partial charge on any atom is -0.490 e. The van der Waals surface area contributed by atoms with Gasteiger partial charge in [0.2, 0.25) is 10.0 Å². The fourth-order valence-electron chi connectivity index (χ4n) is 3.86. The van der Waals surface area contributed by atoms with Crippen LogP contribution in [0.2, 0.25) is 0 Å². The Morgan fingerprint density at radius 2 is 1.82 bits per heavy atom. The second-order valence-corrected chi connectivity index (χ2v) is 10.9. The smallest absolute Gasteiger partial charge is 0.414 e. The van der Waals surface area contributed by atoms with Gasteiger partial charge < -0.3 is 25.7 Å². The van der Waals surface area contributed by atoms with E-state index in [1.165, 1.54) is 12.0 Å². The van der Waals surface area contributed by atoms with Crippen molar-refractivity contribution in [3.63, 3.8) is 0 Å². The summed E-state index contributed by atoms with van der Waals surface area (Å²) in [6.07, 6.45) is 0.401. The van der Waals surface area contributed by atoms with Crippen molar-refractivity contribution in [2.75, 3.05) is 30.9 Å². The van der Waals surface area contributed by atoms with Crippen LogP contribution >= 0.6 is 0 Å². The fraction of sp³-hybridized carbons (Fsp3) is 0.423. The molecule has 1 aliphatic heterocycles. The van der Waals surface area contributed by atoms with E-state index >= 15 is 0 Å². The summed E-state index contributed by atoms with van der Waals surface area (Å²) in [5.74, 6) is -0.172. The molecule has 13 heteroatoms. The third-order valence-corrected chi connectivity index (χ3v) is 7.41. The minimum atomic E-state index is -3.62. The topological polar surface area (TPSA) is 176 Å². The molecule has 1 amide bonds. The number of hydrogen-bond acceptors (Lipinski definition) is 8. The number of aliphatic imine (C=N–C) groups is 1. The molecule has 212 valence electrons. The number of guanidine groups is 1. The molecule has 12 nitrogen and oxygen atoms in total. The molecule has 3 rings (SSSR count). The quantitative estimate of drug-likeness (QED) is 0.176. The van der Waals surface area contributed by atoms with Crippen LogP contribution in [0.1, 0.15) is 30.9 Å². The molecule has 0 bridgehead atoms. The number of esters is 1. The minimum absolute atomic E-state index is 0.00957. The molecule has 0 aliphatic carbocycles. The maximum Gasteiger partial charge on any atom is 0.414 e. The zero-order valence-electron chi connectivity index (χ0n) is 22.0. The molecule has 2 aromatic rings. The molecule has 1 fully saturated rings. The number of ether oxygens (including phenoxy) is 3. The van der Waals surface area contributed by atoms with Crippen molar-refractivity contribution >= 4 is 33.7 Å². The Balaban J connectivity index is 1.53. The number of nitrogens with one attached hydrogen (secondary N) is 1. The number of carbonyl (C=O) groups excluding carboxylic acids is 2. The van der Waals surface area contributed by atoms with Crippen LogP contribution in [0, 0.1) is 0 Å². The Kier molecular flexibility index (Phi) is 10.5. The number of amides is 1. The predicted octanol–water partition coefficient (Wildman–Crippen LogP) is 1.67. The standard InChI is InChI=1S/C26H35N5O7S/c1-3-4-13-39(34,35)30-23(24(32)36-2)14-18-7-11-21(12-8-18)37-17-22-16-31(26(33)38-22)20-9-5-19(6-10-20)15-29-25(27)28/h5-12,22-23,30H,3-4,13-17H2,1-2H3,(H4,27,28,29). The Labute approximate surface area is 228 Å². The highest BCUT2D eigenvalue weighted by Gasteiger charge is 2.33. The molecule has 0 spiro atoms. The van der Waals surface area contributed by atoms with E-state index < -0.39 is 34.2 Å². The molecule has 1 saturated heterocycles. The second kappa shape index (κ2) is 13.8. The number of methoxy groups -OCH3 is 1. The summed E-state index contributed by atoms with van der Waals surface area (Å²) in [4.78, 5) is 30.0. The number of rotatable bonds is 14. The zero-order valence-corrected chi connectivity index (χ0v) is 22.9. The monoisotopic (exact) mass is 561 g/mol. The van der Waals surface area contributed by atoms with E-state index in [9.17, 15) is 18.0 Å². The van der Waals surface area contributed by atoms with E-state index in [2.05, 4.69) is 9.71 Å². The molecular formula is C26H35N5O7S.